The molecule has 106 valence electrons. The summed E-state index contributed by atoms with van der Waals surface area (Å²) >= 11 is 0. The average molecular weight is 292 g/mol. The van der Waals surface area contributed by atoms with E-state index in [9.17, 15) is 8.42 Å². The van der Waals surface area contributed by atoms with Crippen LogP contribution in [0, 0.1) is 6.92 Å². The second kappa shape index (κ2) is 5.03. The smallest absolute Gasteiger partial charge is 0.297 e. The van der Waals surface area contributed by atoms with Gasteiger partial charge in [0.05, 0.1) is 23.1 Å². The molecule has 0 N–H and O–H groups in total. The van der Waals surface area contributed by atoms with E-state index >= 15 is 0 Å². The van der Waals surface area contributed by atoms with E-state index in [0.717, 1.165) is 24.1 Å². The molecule has 6 heteroatoms. The second-order valence-electron chi connectivity index (χ2n) is 5.05. The molecule has 1 fully saturated rings. The summed E-state index contributed by atoms with van der Waals surface area (Å²) in [4.78, 5) is 4.24. The van der Waals surface area contributed by atoms with Gasteiger partial charge < -0.3 is 4.57 Å². The quantitative estimate of drug-likeness (QED) is 0.794. The van der Waals surface area contributed by atoms with Crippen LogP contribution in [0.3, 0.4) is 0 Å². The zero-order valence-corrected chi connectivity index (χ0v) is 12.0. The van der Waals surface area contributed by atoms with Crippen LogP contribution in [-0.4, -0.2) is 18.0 Å². The van der Waals surface area contributed by atoms with E-state index in [0.29, 0.717) is 6.04 Å². The van der Waals surface area contributed by atoms with Gasteiger partial charge in [-0.1, -0.05) is 17.7 Å². The van der Waals surface area contributed by atoms with Crippen molar-refractivity contribution in [1.29, 1.82) is 0 Å². The Hall–Kier alpha value is -1.66. The van der Waals surface area contributed by atoms with Crippen LogP contribution in [0.1, 0.15) is 30.1 Å². The molecule has 0 aliphatic heterocycles. The Labute approximate surface area is 118 Å². The van der Waals surface area contributed by atoms with E-state index in [-0.39, 0.29) is 11.5 Å². The molecule has 1 aliphatic rings. The summed E-state index contributed by atoms with van der Waals surface area (Å²) < 4.78 is 31.3. The van der Waals surface area contributed by atoms with Gasteiger partial charge in [0.25, 0.3) is 10.1 Å². The van der Waals surface area contributed by atoms with Gasteiger partial charge in [0, 0.05) is 6.04 Å². The highest BCUT2D eigenvalue weighted by atomic mass is 32.2. The molecule has 1 aromatic heterocycles. The van der Waals surface area contributed by atoms with Crippen LogP contribution in [0.25, 0.3) is 0 Å². The van der Waals surface area contributed by atoms with Crippen molar-refractivity contribution in [2.45, 2.75) is 37.3 Å². The largest absolute Gasteiger partial charge is 0.329 e. The second-order valence-corrected chi connectivity index (χ2v) is 6.67. The molecule has 0 amide bonds. The summed E-state index contributed by atoms with van der Waals surface area (Å²) in [6, 6.07) is 7.08. The third kappa shape index (κ3) is 2.76. The van der Waals surface area contributed by atoms with Gasteiger partial charge in [-0.25, -0.2) is 4.98 Å². The van der Waals surface area contributed by atoms with Crippen molar-refractivity contribution in [3.05, 3.63) is 48.0 Å². The number of aryl methyl sites for hydroxylation is 1. The molecule has 0 atom stereocenters. The number of imidazole rings is 1. The van der Waals surface area contributed by atoms with E-state index in [1.165, 1.54) is 0 Å². The first kappa shape index (κ1) is 13.3. The molecule has 1 aliphatic carbocycles. The zero-order chi connectivity index (χ0) is 14.2. The highest BCUT2D eigenvalue weighted by Crippen LogP contribution is 2.35. The molecule has 1 aromatic carbocycles. The maximum absolute atomic E-state index is 12.1. The SMILES string of the molecule is Cc1ccc(S(=O)(=O)OCc2cncn2C2CC2)cc1. The molecular formula is C14H16N2O3S. The van der Waals surface area contributed by atoms with Gasteiger partial charge in [0.1, 0.15) is 6.61 Å². The summed E-state index contributed by atoms with van der Waals surface area (Å²) in [5.74, 6) is 0. The van der Waals surface area contributed by atoms with Gasteiger partial charge in [-0.05, 0) is 31.9 Å². The first-order chi connectivity index (χ1) is 9.56. The van der Waals surface area contributed by atoms with Crippen LogP contribution in [0.4, 0.5) is 0 Å². The van der Waals surface area contributed by atoms with E-state index in [2.05, 4.69) is 4.98 Å². The van der Waals surface area contributed by atoms with Gasteiger partial charge in [0.15, 0.2) is 0 Å². The normalized spacial score (nSPS) is 15.4. The fourth-order valence-corrected chi connectivity index (χ4v) is 2.92. The molecule has 0 bridgehead atoms. The van der Waals surface area contributed by atoms with Crippen molar-refractivity contribution in [2.24, 2.45) is 0 Å². The molecule has 20 heavy (non-hydrogen) atoms. The Balaban J connectivity index is 1.73. The van der Waals surface area contributed by atoms with Crippen molar-refractivity contribution in [1.82, 2.24) is 9.55 Å². The van der Waals surface area contributed by atoms with Gasteiger partial charge in [-0.15, -0.1) is 0 Å². The maximum atomic E-state index is 12.1. The number of hydrogen-bond acceptors (Lipinski definition) is 4. The molecule has 0 unspecified atom stereocenters. The van der Waals surface area contributed by atoms with Crippen LogP contribution in [0.5, 0.6) is 0 Å². The third-order valence-corrected chi connectivity index (χ3v) is 4.64. The monoisotopic (exact) mass is 292 g/mol. The molecule has 1 heterocycles. The first-order valence-electron chi connectivity index (χ1n) is 6.53. The lowest BCUT2D eigenvalue weighted by atomic mass is 10.2. The number of hydrogen-bond donors (Lipinski definition) is 0. The maximum Gasteiger partial charge on any atom is 0.297 e. The Morgan fingerprint density at radius 2 is 2.00 bits per heavy atom. The highest BCUT2D eigenvalue weighted by Gasteiger charge is 2.26. The average Bonchev–Trinajstić information content (AvgIpc) is 3.16. The minimum absolute atomic E-state index is 0.0205. The summed E-state index contributed by atoms with van der Waals surface area (Å²) in [5, 5.41) is 0. The van der Waals surface area contributed by atoms with E-state index in [4.69, 9.17) is 4.18 Å². The van der Waals surface area contributed by atoms with Gasteiger partial charge in [-0.3, -0.25) is 4.18 Å². The lowest BCUT2D eigenvalue weighted by Crippen LogP contribution is -2.09. The summed E-state index contributed by atoms with van der Waals surface area (Å²) in [6.07, 6.45) is 5.62. The number of nitrogens with zero attached hydrogens (tertiary/aromatic N) is 2. The number of aromatic nitrogens is 2. The van der Waals surface area contributed by atoms with E-state index in [1.54, 1.807) is 36.8 Å². The molecule has 1 saturated carbocycles. The van der Waals surface area contributed by atoms with Crippen LogP contribution in [-0.2, 0) is 20.9 Å². The topological polar surface area (TPSA) is 61.2 Å². The van der Waals surface area contributed by atoms with Gasteiger partial charge in [-0.2, -0.15) is 8.42 Å². The Morgan fingerprint density at radius 1 is 1.30 bits per heavy atom. The zero-order valence-electron chi connectivity index (χ0n) is 11.2. The fraction of sp³-hybridized carbons (Fsp3) is 0.357. The summed E-state index contributed by atoms with van der Waals surface area (Å²) in [6.45, 7) is 1.93. The minimum atomic E-state index is -3.72. The molecule has 0 saturated heterocycles. The summed E-state index contributed by atoms with van der Waals surface area (Å²) in [5.41, 5.74) is 1.80. The van der Waals surface area contributed by atoms with Crippen LogP contribution < -0.4 is 0 Å². The first-order valence-corrected chi connectivity index (χ1v) is 7.94. The lowest BCUT2D eigenvalue weighted by Gasteiger charge is -2.08. The predicted octanol–water partition coefficient (Wildman–Crippen LogP) is 2.43. The molecule has 0 spiro atoms. The number of rotatable bonds is 5. The minimum Gasteiger partial charge on any atom is -0.329 e. The van der Waals surface area contributed by atoms with Crippen LogP contribution >= 0.6 is 0 Å². The van der Waals surface area contributed by atoms with E-state index < -0.39 is 10.1 Å². The van der Waals surface area contributed by atoms with Crippen LogP contribution in [0.2, 0.25) is 0 Å². The predicted molar refractivity (Wildman–Crippen MR) is 73.7 cm³/mol. The molecule has 0 radical (unpaired) electrons. The third-order valence-electron chi connectivity index (χ3n) is 3.36. The van der Waals surface area contributed by atoms with Crippen molar-refractivity contribution >= 4 is 10.1 Å². The standard InChI is InChI=1S/C14H16N2O3S/c1-11-2-6-14(7-3-11)20(17,18)19-9-13-8-15-10-16(13)12-4-5-12/h2-3,6-8,10,12H,4-5,9H2,1H3. The summed E-state index contributed by atoms with van der Waals surface area (Å²) in [7, 11) is -3.72. The molecular weight excluding hydrogens is 276 g/mol. The van der Waals surface area contributed by atoms with Crippen molar-refractivity contribution < 1.29 is 12.6 Å². The van der Waals surface area contributed by atoms with E-state index in [1.807, 2.05) is 11.5 Å². The number of benzene rings is 1. The van der Waals surface area contributed by atoms with Gasteiger partial charge in [0.2, 0.25) is 0 Å². The Morgan fingerprint density at radius 3 is 2.65 bits per heavy atom. The lowest BCUT2D eigenvalue weighted by molar-refractivity contribution is 0.297. The molecule has 2 aromatic rings. The van der Waals surface area contributed by atoms with Crippen molar-refractivity contribution in [3.63, 3.8) is 0 Å². The Bertz CT molecular complexity index is 700. The van der Waals surface area contributed by atoms with Crippen molar-refractivity contribution in [3.8, 4) is 0 Å². The Kier molecular flexibility index (Phi) is 3.35. The molecule has 3 rings (SSSR count). The fourth-order valence-electron chi connectivity index (χ4n) is 2.04. The highest BCUT2D eigenvalue weighted by molar-refractivity contribution is 7.86. The molecule has 5 nitrogen and oxygen atoms in total. The van der Waals surface area contributed by atoms with Gasteiger partial charge >= 0.3 is 0 Å². The van der Waals surface area contributed by atoms with Crippen molar-refractivity contribution in [2.75, 3.05) is 0 Å². The van der Waals surface area contributed by atoms with Crippen LogP contribution in [0.15, 0.2) is 41.7 Å².